The predicted octanol–water partition coefficient (Wildman–Crippen LogP) is 3.48. The number of carbonyl (C=O) groups is 1. The number of benzene rings is 1. The number of nitrogens with one attached hydrogen (secondary N) is 1. The third kappa shape index (κ3) is 3.26. The second-order valence-corrected chi connectivity index (χ2v) is 6.94. The number of aryl methyl sites for hydroxylation is 2. The van der Waals surface area contributed by atoms with Gasteiger partial charge in [-0.15, -0.1) is 0 Å². The molecule has 0 radical (unpaired) electrons. The Morgan fingerprint density at radius 2 is 2.28 bits per heavy atom. The minimum Gasteiger partial charge on any atom is -0.340 e. The molecule has 6 nitrogen and oxygen atoms in total. The van der Waals surface area contributed by atoms with Gasteiger partial charge in [-0.05, 0) is 44.0 Å². The zero-order chi connectivity index (χ0) is 17.4. The van der Waals surface area contributed by atoms with Gasteiger partial charge in [0.25, 0.3) is 0 Å². The van der Waals surface area contributed by atoms with Gasteiger partial charge in [0, 0.05) is 30.7 Å². The predicted molar refractivity (Wildman–Crippen MR) is 96.4 cm³/mol. The van der Waals surface area contributed by atoms with Crippen LogP contribution in [0.2, 0.25) is 5.02 Å². The Hall–Kier alpha value is -2.34. The van der Waals surface area contributed by atoms with Crippen LogP contribution in [0.15, 0.2) is 30.5 Å². The molecule has 1 aliphatic rings. The standard InChI is InChI=1S/C18H20ClN5O/c1-12-6-9-23(22-12)10-7-17(25)24-8-2-3-16(24)18-20-14-5-4-13(19)11-15(14)21-18/h4-6,9,11,16H,2-3,7-8,10H2,1H3,(H,20,21)/t16-/m0/s1. The van der Waals surface area contributed by atoms with Crippen molar-refractivity contribution in [2.24, 2.45) is 0 Å². The summed E-state index contributed by atoms with van der Waals surface area (Å²) < 4.78 is 1.82. The summed E-state index contributed by atoms with van der Waals surface area (Å²) in [6.45, 7) is 3.33. The van der Waals surface area contributed by atoms with Crippen LogP contribution in [0.25, 0.3) is 11.0 Å². The average molecular weight is 358 g/mol. The van der Waals surface area contributed by atoms with Gasteiger partial charge in [0.1, 0.15) is 5.82 Å². The van der Waals surface area contributed by atoms with Gasteiger partial charge in [-0.2, -0.15) is 5.10 Å². The van der Waals surface area contributed by atoms with Gasteiger partial charge in [-0.1, -0.05) is 11.6 Å². The summed E-state index contributed by atoms with van der Waals surface area (Å²) in [5, 5.41) is 5.02. The molecule has 0 unspecified atom stereocenters. The lowest BCUT2D eigenvalue weighted by atomic mass is 10.2. The highest BCUT2D eigenvalue weighted by atomic mass is 35.5. The van der Waals surface area contributed by atoms with Crippen molar-refractivity contribution in [3.8, 4) is 0 Å². The topological polar surface area (TPSA) is 66.8 Å². The van der Waals surface area contributed by atoms with E-state index in [4.69, 9.17) is 11.6 Å². The van der Waals surface area contributed by atoms with Crippen molar-refractivity contribution in [1.29, 1.82) is 0 Å². The monoisotopic (exact) mass is 357 g/mol. The van der Waals surface area contributed by atoms with Crippen molar-refractivity contribution in [3.63, 3.8) is 0 Å². The van der Waals surface area contributed by atoms with Crippen LogP contribution in [0.4, 0.5) is 0 Å². The van der Waals surface area contributed by atoms with E-state index in [1.165, 1.54) is 0 Å². The maximum absolute atomic E-state index is 12.7. The van der Waals surface area contributed by atoms with E-state index in [0.29, 0.717) is 18.0 Å². The lowest BCUT2D eigenvalue weighted by molar-refractivity contribution is -0.132. The van der Waals surface area contributed by atoms with Crippen LogP contribution in [0.1, 0.15) is 36.8 Å². The summed E-state index contributed by atoms with van der Waals surface area (Å²) in [7, 11) is 0. The quantitative estimate of drug-likeness (QED) is 0.777. The first-order valence-corrected chi connectivity index (χ1v) is 8.92. The Kier molecular flexibility index (Phi) is 4.21. The second kappa shape index (κ2) is 6.52. The van der Waals surface area contributed by atoms with E-state index in [9.17, 15) is 4.79 Å². The number of rotatable bonds is 4. The van der Waals surface area contributed by atoms with E-state index in [1.54, 1.807) is 0 Å². The Balaban J connectivity index is 1.49. The number of H-pyrrole nitrogens is 1. The van der Waals surface area contributed by atoms with Crippen LogP contribution < -0.4 is 0 Å². The number of nitrogens with zero attached hydrogens (tertiary/aromatic N) is 4. The molecule has 3 aromatic rings. The molecule has 0 bridgehead atoms. The maximum Gasteiger partial charge on any atom is 0.225 e. The molecule has 1 fully saturated rings. The van der Waals surface area contributed by atoms with Crippen LogP contribution in [0, 0.1) is 6.92 Å². The van der Waals surface area contributed by atoms with Gasteiger partial charge < -0.3 is 9.88 Å². The lowest BCUT2D eigenvalue weighted by Gasteiger charge is -2.23. The fraction of sp³-hybridized carbons (Fsp3) is 0.389. The Labute approximate surface area is 150 Å². The highest BCUT2D eigenvalue weighted by Crippen LogP contribution is 2.32. The molecule has 130 valence electrons. The molecule has 25 heavy (non-hydrogen) atoms. The third-order valence-electron chi connectivity index (χ3n) is 4.68. The second-order valence-electron chi connectivity index (χ2n) is 6.50. The zero-order valence-corrected chi connectivity index (χ0v) is 14.8. The lowest BCUT2D eigenvalue weighted by Crippen LogP contribution is -2.31. The molecular weight excluding hydrogens is 338 g/mol. The molecule has 7 heteroatoms. The Morgan fingerprint density at radius 3 is 3.08 bits per heavy atom. The molecule has 1 amide bonds. The summed E-state index contributed by atoms with van der Waals surface area (Å²) in [5.74, 6) is 0.993. The number of hydrogen-bond acceptors (Lipinski definition) is 3. The van der Waals surface area contributed by atoms with E-state index < -0.39 is 0 Å². The largest absolute Gasteiger partial charge is 0.340 e. The van der Waals surface area contributed by atoms with E-state index in [1.807, 2.05) is 47.0 Å². The van der Waals surface area contributed by atoms with Crippen LogP contribution in [-0.4, -0.2) is 37.1 Å². The SMILES string of the molecule is Cc1ccn(CCC(=O)N2CCC[C@H]2c2nc3ccc(Cl)cc3[nH]2)n1. The molecule has 0 aliphatic carbocycles. The van der Waals surface area contributed by atoms with Crippen molar-refractivity contribution < 1.29 is 4.79 Å². The highest BCUT2D eigenvalue weighted by Gasteiger charge is 2.31. The summed E-state index contributed by atoms with van der Waals surface area (Å²) in [6, 6.07) is 7.56. The van der Waals surface area contributed by atoms with Crippen molar-refractivity contribution in [2.75, 3.05) is 6.54 Å². The first kappa shape index (κ1) is 16.1. The van der Waals surface area contributed by atoms with Gasteiger partial charge in [0.15, 0.2) is 0 Å². The van der Waals surface area contributed by atoms with Crippen molar-refractivity contribution in [1.82, 2.24) is 24.6 Å². The Bertz CT molecular complexity index is 915. The smallest absolute Gasteiger partial charge is 0.225 e. The van der Waals surface area contributed by atoms with Crippen LogP contribution in [0.3, 0.4) is 0 Å². The fourth-order valence-electron chi connectivity index (χ4n) is 3.45. The fourth-order valence-corrected chi connectivity index (χ4v) is 3.62. The molecule has 0 spiro atoms. The number of likely N-dealkylation sites (tertiary alicyclic amines) is 1. The van der Waals surface area contributed by atoms with Crippen LogP contribution >= 0.6 is 11.6 Å². The van der Waals surface area contributed by atoms with Gasteiger partial charge in [-0.25, -0.2) is 4.98 Å². The van der Waals surface area contributed by atoms with E-state index in [2.05, 4.69) is 15.1 Å². The number of amides is 1. The first-order valence-electron chi connectivity index (χ1n) is 8.55. The number of fused-ring (bicyclic) bond motifs is 1. The highest BCUT2D eigenvalue weighted by molar-refractivity contribution is 6.31. The summed E-state index contributed by atoms with van der Waals surface area (Å²) >= 11 is 6.05. The van der Waals surface area contributed by atoms with Crippen molar-refractivity contribution >= 4 is 28.5 Å². The van der Waals surface area contributed by atoms with E-state index in [-0.39, 0.29) is 11.9 Å². The molecule has 3 heterocycles. The maximum atomic E-state index is 12.7. The third-order valence-corrected chi connectivity index (χ3v) is 4.91. The van der Waals surface area contributed by atoms with Crippen LogP contribution in [0.5, 0.6) is 0 Å². The van der Waals surface area contributed by atoms with E-state index in [0.717, 1.165) is 41.9 Å². The van der Waals surface area contributed by atoms with Crippen LogP contribution in [-0.2, 0) is 11.3 Å². The van der Waals surface area contributed by atoms with Gasteiger partial charge in [0.05, 0.1) is 22.8 Å². The molecule has 1 saturated heterocycles. The summed E-state index contributed by atoms with van der Waals surface area (Å²) in [4.78, 5) is 22.6. The van der Waals surface area contributed by atoms with Gasteiger partial charge in [-0.3, -0.25) is 9.48 Å². The average Bonchev–Trinajstić information content (AvgIpc) is 3.30. The number of carbonyl (C=O) groups excluding carboxylic acids is 1. The zero-order valence-electron chi connectivity index (χ0n) is 14.1. The van der Waals surface area contributed by atoms with Gasteiger partial charge >= 0.3 is 0 Å². The van der Waals surface area contributed by atoms with Crippen molar-refractivity contribution in [3.05, 3.63) is 47.0 Å². The van der Waals surface area contributed by atoms with Crippen molar-refractivity contribution in [2.45, 2.75) is 38.8 Å². The number of hydrogen-bond donors (Lipinski definition) is 1. The van der Waals surface area contributed by atoms with Gasteiger partial charge in [0.2, 0.25) is 5.91 Å². The molecule has 1 N–H and O–H groups in total. The molecular formula is C18H20ClN5O. The summed E-state index contributed by atoms with van der Waals surface area (Å²) in [5.41, 5.74) is 2.76. The molecule has 1 aliphatic heterocycles. The van der Waals surface area contributed by atoms with E-state index >= 15 is 0 Å². The normalized spacial score (nSPS) is 17.5. The molecule has 4 rings (SSSR count). The molecule has 0 saturated carbocycles. The number of halogens is 1. The number of aromatic amines is 1. The molecule has 2 aromatic heterocycles. The Morgan fingerprint density at radius 1 is 1.40 bits per heavy atom. The minimum atomic E-state index is 0.0121. The molecule has 1 aromatic carbocycles. The number of imidazole rings is 1. The number of aromatic nitrogens is 4. The minimum absolute atomic E-state index is 0.0121. The molecule has 1 atom stereocenters. The first-order chi connectivity index (χ1) is 12.1. The summed E-state index contributed by atoms with van der Waals surface area (Å²) in [6.07, 6.45) is 4.28.